The predicted molar refractivity (Wildman–Crippen MR) is 51.1 cm³/mol. The largest absolute Gasteiger partial charge is 0.469 e. The second-order valence-electron chi connectivity index (χ2n) is 4.97. The van der Waals surface area contributed by atoms with Crippen LogP contribution in [0.5, 0.6) is 0 Å². The number of carbonyl (C=O) groups excluding carboxylic acids is 1. The van der Waals surface area contributed by atoms with Crippen LogP contribution < -0.4 is 5.73 Å². The molecule has 3 nitrogen and oxygen atoms in total. The Labute approximate surface area is 79.6 Å². The molecule has 0 amide bonds. The lowest BCUT2D eigenvalue weighted by Crippen LogP contribution is -2.31. The van der Waals surface area contributed by atoms with Crippen LogP contribution in [0.4, 0.5) is 0 Å². The van der Waals surface area contributed by atoms with Gasteiger partial charge in [-0.1, -0.05) is 20.8 Å². The molecule has 0 heterocycles. The highest BCUT2D eigenvalue weighted by molar-refractivity contribution is 5.81. The molecule has 0 radical (unpaired) electrons. The van der Waals surface area contributed by atoms with Crippen molar-refractivity contribution in [3.63, 3.8) is 0 Å². The minimum absolute atomic E-state index is 0.144. The molecule has 1 rings (SSSR count). The second kappa shape index (κ2) is 2.98. The average Bonchev–Trinajstić information content (AvgIpc) is 2.78. The summed E-state index contributed by atoms with van der Waals surface area (Å²) in [5, 5.41) is 0. The SMILES string of the molecule is COC(=O)[C@@]1(CN)C[C@@H]1C(C)(C)C. The number of carbonyl (C=O) groups is 1. The van der Waals surface area contributed by atoms with Gasteiger partial charge in [0.2, 0.25) is 0 Å². The van der Waals surface area contributed by atoms with Crippen LogP contribution in [0.3, 0.4) is 0 Å². The summed E-state index contributed by atoms with van der Waals surface area (Å²) in [5.41, 5.74) is 5.40. The van der Waals surface area contributed by atoms with Crippen LogP contribution in [-0.4, -0.2) is 19.6 Å². The predicted octanol–water partition coefficient (Wildman–Crippen LogP) is 1.17. The average molecular weight is 185 g/mol. The Bertz CT molecular complexity index is 219. The molecule has 13 heavy (non-hydrogen) atoms. The minimum atomic E-state index is -0.382. The molecule has 0 bridgehead atoms. The molecule has 2 N–H and O–H groups in total. The molecular formula is C10H19NO2. The van der Waals surface area contributed by atoms with Crippen molar-refractivity contribution in [3.8, 4) is 0 Å². The lowest BCUT2D eigenvalue weighted by Gasteiger charge is -2.22. The quantitative estimate of drug-likeness (QED) is 0.657. The molecule has 0 aliphatic heterocycles. The number of esters is 1. The van der Waals surface area contributed by atoms with Crippen molar-refractivity contribution in [3.05, 3.63) is 0 Å². The van der Waals surface area contributed by atoms with E-state index < -0.39 is 0 Å². The highest BCUT2D eigenvalue weighted by Gasteiger charge is 2.63. The van der Waals surface area contributed by atoms with Gasteiger partial charge < -0.3 is 10.5 Å². The van der Waals surface area contributed by atoms with Gasteiger partial charge in [0.05, 0.1) is 12.5 Å². The Hall–Kier alpha value is -0.570. The molecule has 0 spiro atoms. The van der Waals surface area contributed by atoms with Gasteiger partial charge in [-0.05, 0) is 17.8 Å². The second-order valence-corrected chi connectivity index (χ2v) is 4.97. The number of methoxy groups -OCH3 is 1. The van der Waals surface area contributed by atoms with Gasteiger partial charge >= 0.3 is 5.97 Å². The van der Waals surface area contributed by atoms with E-state index in [0.29, 0.717) is 12.5 Å². The van der Waals surface area contributed by atoms with Crippen LogP contribution in [-0.2, 0) is 9.53 Å². The van der Waals surface area contributed by atoms with E-state index in [4.69, 9.17) is 10.5 Å². The van der Waals surface area contributed by atoms with E-state index in [0.717, 1.165) is 6.42 Å². The Morgan fingerprint density at radius 1 is 1.62 bits per heavy atom. The molecule has 0 aromatic carbocycles. The summed E-state index contributed by atoms with van der Waals surface area (Å²) in [7, 11) is 1.43. The van der Waals surface area contributed by atoms with Gasteiger partial charge in [0.15, 0.2) is 0 Å². The van der Waals surface area contributed by atoms with Gasteiger partial charge in [0, 0.05) is 6.54 Å². The summed E-state index contributed by atoms with van der Waals surface area (Å²) in [6.07, 6.45) is 0.875. The maximum Gasteiger partial charge on any atom is 0.313 e. The summed E-state index contributed by atoms with van der Waals surface area (Å²) in [4.78, 5) is 11.5. The first-order valence-corrected chi connectivity index (χ1v) is 4.67. The van der Waals surface area contributed by atoms with Crippen LogP contribution in [0.15, 0.2) is 0 Å². The summed E-state index contributed by atoms with van der Waals surface area (Å²) in [6, 6.07) is 0. The lowest BCUT2D eigenvalue weighted by molar-refractivity contribution is -0.147. The molecule has 0 aromatic heterocycles. The molecule has 1 aliphatic carbocycles. The fraction of sp³-hybridized carbons (Fsp3) is 0.900. The van der Waals surface area contributed by atoms with E-state index in [2.05, 4.69) is 20.8 Å². The first-order chi connectivity index (χ1) is 5.88. The zero-order chi connectivity index (χ0) is 10.3. The highest BCUT2D eigenvalue weighted by Crippen LogP contribution is 2.60. The topological polar surface area (TPSA) is 52.3 Å². The zero-order valence-electron chi connectivity index (χ0n) is 8.89. The smallest absolute Gasteiger partial charge is 0.313 e. The van der Waals surface area contributed by atoms with Crippen LogP contribution in [0, 0.1) is 16.7 Å². The maximum atomic E-state index is 11.5. The molecular weight excluding hydrogens is 166 g/mol. The van der Waals surface area contributed by atoms with Crippen LogP contribution in [0.1, 0.15) is 27.2 Å². The van der Waals surface area contributed by atoms with E-state index in [9.17, 15) is 4.79 Å². The van der Waals surface area contributed by atoms with Gasteiger partial charge in [-0.15, -0.1) is 0 Å². The van der Waals surface area contributed by atoms with E-state index in [1.54, 1.807) is 0 Å². The molecule has 3 heteroatoms. The van der Waals surface area contributed by atoms with Gasteiger partial charge in [0.1, 0.15) is 0 Å². The number of hydrogen-bond donors (Lipinski definition) is 1. The van der Waals surface area contributed by atoms with Gasteiger partial charge in [0.25, 0.3) is 0 Å². The summed E-state index contributed by atoms with van der Waals surface area (Å²) in [5.74, 6) is 0.229. The third-order valence-electron chi connectivity index (χ3n) is 3.08. The fourth-order valence-electron chi connectivity index (χ4n) is 2.18. The number of nitrogens with two attached hydrogens (primary N) is 1. The van der Waals surface area contributed by atoms with Crippen molar-refractivity contribution in [2.24, 2.45) is 22.5 Å². The van der Waals surface area contributed by atoms with E-state index >= 15 is 0 Å². The molecule has 1 fully saturated rings. The van der Waals surface area contributed by atoms with E-state index in [1.165, 1.54) is 7.11 Å². The molecule has 1 aliphatic rings. The molecule has 76 valence electrons. The van der Waals surface area contributed by atoms with Crippen molar-refractivity contribution >= 4 is 5.97 Å². The Morgan fingerprint density at radius 3 is 2.38 bits per heavy atom. The van der Waals surface area contributed by atoms with Crippen molar-refractivity contribution in [2.45, 2.75) is 27.2 Å². The van der Waals surface area contributed by atoms with Crippen molar-refractivity contribution in [1.82, 2.24) is 0 Å². The normalized spacial score (nSPS) is 32.8. The van der Waals surface area contributed by atoms with Crippen molar-refractivity contribution in [2.75, 3.05) is 13.7 Å². The third-order valence-corrected chi connectivity index (χ3v) is 3.08. The van der Waals surface area contributed by atoms with Gasteiger partial charge in [-0.25, -0.2) is 0 Å². The highest BCUT2D eigenvalue weighted by atomic mass is 16.5. The van der Waals surface area contributed by atoms with Gasteiger partial charge in [-0.2, -0.15) is 0 Å². The molecule has 0 aromatic rings. The first-order valence-electron chi connectivity index (χ1n) is 4.67. The van der Waals surface area contributed by atoms with Crippen molar-refractivity contribution < 1.29 is 9.53 Å². The molecule has 0 saturated heterocycles. The van der Waals surface area contributed by atoms with Crippen molar-refractivity contribution in [1.29, 1.82) is 0 Å². The summed E-state index contributed by atoms with van der Waals surface area (Å²) >= 11 is 0. The van der Waals surface area contributed by atoms with Crippen LogP contribution in [0.2, 0.25) is 0 Å². The minimum Gasteiger partial charge on any atom is -0.469 e. The Balaban J connectivity index is 2.75. The Morgan fingerprint density at radius 2 is 2.15 bits per heavy atom. The first kappa shape index (κ1) is 10.5. The lowest BCUT2D eigenvalue weighted by atomic mass is 9.84. The molecule has 1 saturated carbocycles. The number of ether oxygens (including phenoxy) is 1. The van der Waals surface area contributed by atoms with E-state index in [1.807, 2.05) is 0 Å². The van der Waals surface area contributed by atoms with Crippen LogP contribution >= 0.6 is 0 Å². The molecule has 0 unspecified atom stereocenters. The zero-order valence-corrected chi connectivity index (χ0v) is 8.89. The van der Waals surface area contributed by atoms with Crippen LogP contribution in [0.25, 0.3) is 0 Å². The monoisotopic (exact) mass is 185 g/mol. The Kier molecular flexibility index (Phi) is 2.41. The van der Waals surface area contributed by atoms with E-state index in [-0.39, 0.29) is 16.8 Å². The molecule has 2 atom stereocenters. The number of rotatable bonds is 2. The van der Waals surface area contributed by atoms with Gasteiger partial charge in [-0.3, -0.25) is 4.79 Å². The maximum absolute atomic E-state index is 11.5. The third kappa shape index (κ3) is 1.57. The standard InChI is InChI=1S/C10H19NO2/c1-9(2,3)7-5-10(7,6-11)8(12)13-4/h7H,5-6,11H2,1-4H3/t7-,10-/m1/s1. The fourth-order valence-corrected chi connectivity index (χ4v) is 2.18. The number of hydrogen-bond acceptors (Lipinski definition) is 3. The summed E-state index contributed by atoms with van der Waals surface area (Å²) < 4.78 is 4.77. The summed E-state index contributed by atoms with van der Waals surface area (Å²) in [6.45, 7) is 6.82.